The van der Waals surface area contributed by atoms with Crippen molar-refractivity contribution in [1.82, 2.24) is 0 Å². The van der Waals surface area contributed by atoms with E-state index in [1.165, 1.54) is 6.21 Å². The van der Waals surface area contributed by atoms with Crippen molar-refractivity contribution in [2.75, 3.05) is 0 Å². The van der Waals surface area contributed by atoms with Crippen LogP contribution in [0.25, 0.3) is 0 Å². The molecular formula is C9H10F3N. The number of alkyl halides is 3. The number of nitrogens with zero attached hydrogens (tertiary/aromatic N) is 1. The quantitative estimate of drug-likeness (QED) is 0.554. The minimum absolute atomic E-state index is 0.0395. The number of aliphatic imine (C=N–C) groups is 1. The third-order valence-corrected chi connectivity index (χ3v) is 1.81. The molecule has 72 valence electrons. The molecule has 1 heterocycles. The van der Waals surface area contributed by atoms with Gasteiger partial charge in [0.05, 0.1) is 0 Å². The van der Waals surface area contributed by atoms with Crippen LogP contribution >= 0.6 is 0 Å². The molecule has 0 amide bonds. The van der Waals surface area contributed by atoms with E-state index in [4.69, 9.17) is 0 Å². The van der Waals surface area contributed by atoms with Gasteiger partial charge in [-0.2, -0.15) is 13.2 Å². The van der Waals surface area contributed by atoms with E-state index >= 15 is 0 Å². The first-order chi connectivity index (χ1) is 6.00. The van der Waals surface area contributed by atoms with E-state index in [2.05, 4.69) is 4.99 Å². The Labute approximate surface area is 74.7 Å². The smallest absolute Gasteiger partial charge is 0.265 e. The van der Waals surface area contributed by atoms with Crippen molar-refractivity contribution in [3.05, 3.63) is 23.4 Å². The van der Waals surface area contributed by atoms with Gasteiger partial charge in [0, 0.05) is 18.0 Å². The first kappa shape index (κ1) is 10.0. The molecule has 0 spiro atoms. The third kappa shape index (κ3) is 3.05. The van der Waals surface area contributed by atoms with Crippen LogP contribution in [0.15, 0.2) is 28.4 Å². The minimum Gasteiger partial charge on any atom is -0.265 e. The fraction of sp³-hybridized carbons (Fsp3) is 0.444. The molecule has 0 saturated heterocycles. The minimum atomic E-state index is -4.22. The standard InChI is InChI=1S/C9H10F3N/c1-7-2-3-8(9(10,11)12)4-5-13-6-7/h4-6H,2-3H2,1H3/b7-6+,8-4+,13-5-. The zero-order valence-electron chi connectivity index (χ0n) is 7.23. The second-order valence-electron chi connectivity index (χ2n) is 2.96. The van der Waals surface area contributed by atoms with E-state index in [-0.39, 0.29) is 6.42 Å². The molecule has 1 aliphatic heterocycles. The fourth-order valence-corrected chi connectivity index (χ4v) is 1.02. The molecule has 0 unspecified atom stereocenters. The van der Waals surface area contributed by atoms with E-state index in [1.54, 1.807) is 13.1 Å². The van der Waals surface area contributed by atoms with Crippen LogP contribution in [0.3, 0.4) is 0 Å². The van der Waals surface area contributed by atoms with E-state index in [1.807, 2.05) is 0 Å². The summed E-state index contributed by atoms with van der Waals surface area (Å²) in [7, 11) is 0. The van der Waals surface area contributed by atoms with Crippen LogP contribution in [0, 0.1) is 0 Å². The Morgan fingerprint density at radius 3 is 2.62 bits per heavy atom. The maximum atomic E-state index is 12.2. The summed E-state index contributed by atoms with van der Waals surface area (Å²) in [4.78, 5) is 3.71. The Hall–Kier alpha value is -1.06. The first-order valence-electron chi connectivity index (χ1n) is 3.95. The average Bonchev–Trinajstić information content (AvgIpc) is 1.94. The van der Waals surface area contributed by atoms with Crippen molar-refractivity contribution in [3.8, 4) is 0 Å². The summed E-state index contributed by atoms with van der Waals surface area (Å²) < 4.78 is 36.7. The number of hydrogen-bond donors (Lipinski definition) is 0. The van der Waals surface area contributed by atoms with Gasteiger partial charge >= 0.3 is 6.18 Å². The Morgan fingerprint density at radius 1 is 1.31 bits per heavy atom. The molecule has 0 fully saturated rings. The Morgan fingerprint density at radius 2 is 2.00 bits per heavy atom. The van der Waals surface area contributed by atoms with Gasteiger partial charge in [-0.1, -0.05) is 5.57 Å². The molecule has 0 aromatic heterocycles. The normalized spacial score (nSPS) is 29.2. The number of hydrogen-bond acceptors (Lipinski definition) is 1. The molecule has 1 rings (SSSR count). The van der Waals surface area contributed by atoms with Crippen molar-refractivity contribution < 1.29 is 13.2 Å². The van der Waals surface area contributed by atoms with Crippen LogP contribution in [0.4, 0.5) is 13.2 Å². The molecule has 0 atom stereocenters. The van der Waals surface area contributed by atoms with Gasteiger partial charge in [0.1, 0.15) is 0 Å². The molecule has 1 aliphatic rings. The van der Waals surface area contributed by atoms with Gasteiger partial charge in [0.2, 0.25) is 0 Å². The largest absolute Gasteiger partial charge is 0.412 e. The zero-order valence-corrected chi connectivity index (χ0v) is 7.23. The molecule has 0 saturated carbocycles. The van der Waals surface area contributed by atoms with E-state index in [0.717, 1.165) is 11.6 Å². The van der Waals surface area contributed by atoms with Crippen LogP contribution in [-0.4, -0.2) is 12.4 Å². The molecule has 0 aromatic carbocycles. The zero-order chi connectivity index (χ0) is 9.90. The van der Waals surface area contributed by atoms with Gasteiger partial charge in [-0.3, -0.25) is 4.99 Å². The summed E-state index contributed by atoms with van der Waals surface area (Å²) in [5.41, 5.74) is 0.356. The van der Waals surface area contributed by atoms with Gasteiger partial charge in [0.25, 0.3) is 0 Å². The summed E-state index contributed by atoms with van der Waals surface area (Å²) in [6.45, 7) is 1.77. The third-order valence-electron chi connectivity index (χ3n) is 1.81. The number of allylic oxidation sites excluding steroid dienone is 3. The van der Waals surface area contributed by atoms with Crippen molar-refractivity contribution >= 4 is 6.21 Å². The van der Waals surface area contributed by atoms with Gasteiger partial charge < -0.3 is 0 Å². The second kappa shape index (κ2) is 3.77. The SMILES string of the molecule is C\C1=C/N=C\C=C(\C(F)(F)F)CC1. The highest BCUT2D eigenvalue weighted by molar-refractivity contribution is 5.73. The molecule has 0 aromatic rings. The molecule has 0 bridgehead atoms. The van der Waals surface area contributed by atoms with Gasteiger partial charge in [-0.05, 0) is 25.8 Å². The lowest BCUT2D eigenvalue weighted by molar-refractivity contribution is -0.0938. The summed E-state index contributed by atoms with van der Waals surface area (Å²) >= 11 is 0. The molecule has 0 N–H and O–H groups in total. The molecule has 0 radical (unpaired) electrons. The molecule has 4 heteroatoms. The van der Waals surface area contributed by atoms with Crippen LogP contribution in [0.5, 0.6) is 0 Å². The maximum Gasteiger partial charge on any atom is 0.412 e. The summed E-state index contributed by atoms with van der Waals surface area (Å²) in [5, 5.41) is 0. The highest BCUT2D eigenvalue weighted by Crippen LogP contribution is 2.30. The van der Waals surface area contributed by atoms with E-state index in [0.29, 0.717) is 6.42 Å². The van der Waals surface area contributed by atoms with Crippen LogP contribution in [0.2, 0.25) is 0 Å². The van der Waals surface area contributed by atoms with Gasteiger partial charge in [0.15, 0.2) is 0 Å². The van der Waals surface area contributed by atoms with E-state index in [9.17, 15) is 13.2 Å². The predicted molar refractivity (Wildman–Crippen MR) is 45.6 cm³/mol. The number of rotatable bonds is 0. The maximum absolute atomic E-state index is 12.2. The summed E-state index contributed by atoms with van der Waals surface area (Å²) in [5.74, 6) is 0. The van der Waals surface area contributed by atoms with E-state index < -0.39 is 11.7 Å². The van der Waals surface area contributed by atoms with Crippen molar-refractivity contribution in [3.63, 3.8) is 0 Å². The second-order valence-corrected chi connectivity index (χ2v) is 2.96. The Bertz CT molecular complexity index is 271. The lowest BCUT2D eigenvalue weighted by Crippen LogP contribution is -2.12. The molecule has 0 aliphatic carbocycles. The summed E-state index contributed by atoms with van der Waals surface area (Å²) in [6.07, 6.45) is 0.0439. The number of halogens is 3. The lowest BCUT2D eigenvalue weighted by atomic mass is 10.1. The summed E-state index contributed by atoms with van der Waals surface area (Å²) in [6, 6.07) is 0. The molecular weight excluding hydrogens is 179 g/mol. The monoisotopic (exact) mass is 189 g/mol. The van der Waals surface area contributed by atoms with Crippen molar-refractivity contribution in [2.24, 2.45) is 4.99 Å². The van der Waals surface area contributed by atoms with Crippen molar-refractivity contribution in [2.45, 2.75) is 25.9 Å². The average molecular weight is 189 g/mol. The Balaban J connectivity index is 2.81. The van der Waals surface area contributed by atoms with Gasteiger partial charge in [-0.25, -0.2) is 0 Å². The fourth-order valence-electron chi connectivity index (χ4n) is 1.02. The topological polar surface area (TPSA) is 12.4 Å². The highest BCUT2D eigenvalue weighted by Gasteiger charge is 2.32. The lowest BCUT2D eigenvalue weighted by Gasteiger charge is -2.11. The highest BCUT2D eigenvalue weighted by atomic mass is 19.4. The van der Waals surface area contributed by atoms with Crippen molar-refractivity contribution in [1.29, 1.82) is 0 Å². The van der Waals surface area contributed by atoms with Crippen LogP contribution < -0.4 is 0 Å². The van der Waals surface area contributed by atoms with Gasteiger partial charge in [-0.15, -0.1) is 0 Å². The van der Waals surface area contributed by atoms with Crippen LogP contribution in [-0.2, 0) is 0 Å². The molecule has 13 heavy (non-hydrogen) atoms. The van der Waals surface area contributed by atoms with Crippen LogP contribution in [0.1, 0.15) is 19.8 Å². The Kier molecular flexibility index (Phi) is 2.90. The first-order valence-corrected chi connectivity index (χ1v) is 3.95. The molecule has 1 nitrogen and oxygen atoms in total. The predicted octanol–water partition coefficient (Wildman–Crippen LogP) is 3.24.